The third kappa shape index (κ3) is 2.82. The van der Waals surface area contributed by atoms with Gasteiger partial charge in [-0.2, -0.15) is 0 Å². The zero-order valence-electron chi connectivity index (χ0n) is 12.7. The zero-order valence-corrected chi connectivity index (χ0v) is 12.7. The molecule has 19 heavy (non-hydrogen) atoms. The van der Waals surface area contributed by atoms with Gasteiger partial charge in [-0.1, -0.05) is 6.42 Å². The zero-order chi connectivity index (χ0) is 13.9. The van der Waals surface area contributed by atoms with Crippen LogP contribution in [0.4, 0.5) is 0 Å². The fourth-order valence-corrected chi connectivity index (χ4v) is 4.54. The number of methoxy groups -OCH3 is 2. The molecule has 0 aromatic heterocycles. The van der Waals surface area contributed by atoms with Gasteiger partial charge < -0.3 is 15.2 Å². The molecular weight excluding hydrogens is 240 g/mol. The molecule has 0 saturated heterocycles. The van der Waals surface area contributed by atoms with Gasteiger partial charge in [0.15, 0.2) is 0 Å². The van der Waals surface area contributed by atoms with Gasteiger partial charge in [0.2, 0.25) is 0 Å². The Morgan fingerprint density at radius 3 is 2.58 bits per heavy atom. The van der Waals surface area contributed by atoms with Crippen molar-refractivity contribution in [1.29, 1.82) is 0 Å². The second kappa shape index (κ2) is 6.53. The van der Waals surface area contributed by atoms with Gasteiger partial charge in [-0.3, -0.25) is 4.90 Å². The minimum absolute atomic E-state index is 0.194. The Morgan fingerprint density at radius 1 is 1.32 bits per heavy atom. The van der Waals surface area contributed by atoms with Crippen molar-refractivity contribution < 1.29 is 9.47 Å². The van der Waals surface area contributed by atoms with E-state index in [0.29, 0.717) is 6.04 Å². The fourth-order valence-electron chi connectivity index (χ4n) is 4.54. The second-order valence-electron chi connectivity index (χ2n) is 6.38. The molecule has 0 amide bonds. The first-order chi connectivity index (χ1) is 9.17. The lowest BCUT2D eigenvalue weighted by Crippen LogP contribution is -2.61. The standard InChI is InChI=1S/C15H30N2O2/c1-12(10-19-3)17(6-7-18-2)15(11-16)9-13-4-5-14(15)8-13/h12-14H,4-11,16H2,1-3H3. The van der Waals surface area contributed by atoms with Crippen molar-refractivity contribution in [3.63, 3.8) is 0 Å². The molecule has 0 aliphatic heterocycles. The Bertz CT molecular complexity index is 287. The number of rotatable bonds is 8. The fraction of sp³-hybridized carbons (Fsp3) is 1.00. The molecule has 4 heteroatoms. The van der Waals surface area contributed by atoms with Crippen LogP contribution < -0.4 is 5.73 Å². The van der Waals surface area contributed by atoms with Crippen LogP contribution in [0.15, 0.2) is 0 Å². The van der Waals surface area contributed by atoms with E-state index in [1.807, 2.05) is 0 Å². The van der Waals surface area contributed by atoms with Crippen LogP contribution in [0.2, 0.25) is 0 Å². The van der Waals surface area contributed by atoms with E-state index in [1.165, 1.54) is 25.7 Å². The maximum Gasteiger partial charge on any atom is 0.0615 e. The summed E-state index contributed by atoms with van der Waals surface area (Å²) in [5.74, 6) is 1.67. The molecule has 0 heterocycles. The lowest BCUT2D eigenvalue weighted by atomic mass is 9.78. The summed E-state index contributed by atoms with van der Waals surface area (Å²) in [7, 11) is 3.55. The summed E-state index contributed by atoms with van der Waals surface area (Å²) in [6, 6.07) is 0.406. The van der Waals surface area contributed by atoms with E-state index in [4.69, 9.17) is 15.2 Å². The molecular formula is C15H30N2O2. The van der Waals surface area contributed by atoms with E-state index in [-0.39, 0.29) is 5.54 Å². The first-order valence-electron chi connectivity index (χ1n) is 7.62. The molecule has 2 saturated carbocycles. The van der Waals surface area contributed by atoms with Gasteiger partial charge in [-0.15, -0.1) is 0 Å². The molecule has 2 N–H and O–H groups in total. The van der Waals surface area contributed by atoms with E-state index in [9.17, 15) is 0 Å². The van der Waals surface area contributed by atoms with Crippen molar-refractivity contribution in [3.8, 4) is 0 Å². The molecule has 2 aliphatic rings. The summed E-state index contributed by atoms with van der Waals surface area (Å²) >= 11 is 0. The van der Waals surface area contributed by atoms with E-state index in [0.717, 1.165) is 38.1 Å². The van der Waals surface area contributed by atoms with Crippen LogP contribution in [0, 0.1) is 11.8 Å². The summed E-state index contributed by atoms with van der Waals surface area (Å²) in [6.45, 7) is 5.52. The summed E-state index contributed by atoms with van der Waals surface area (Å²) in [4.78, 5) is 2.59. The van der Waals surface area contributed by atoms with E-state index in [1.54, 1.807) is 14.2 Å². The van der Waals surface area contributed by atoms with Crippen LogP contribution in [-0.4, -0.2) is 57.0 Å². The predicted molar refractivity (Wildman–Crippen MR) is 77.2 cm³/mol. The lowest BCUT2D eigenvalue weighted by Gasteiger charge is -2.49. The molecule has 0 spiro atoms. The van der Waals surface area contributed by atoms with Crippen molar-refractivity contribution >= 4 is 0 Å². The number of fused-ring (bicyclic) bond motifs is 2. The third-order valence-electron chi connectivity index (χ3n) is 5.35. The first kappa shape index (κ1) is 15.2. The van der Waals surface area contributed by atoms with Crippen molar-refractivity contribution in [2.24, 2.45) is 17.6 Å². The molecule has 2 fully saturated rings. The lowest BCUT2D eigenvalue weighted by molar-refractivity contribution is -0.0283. The quantitative estimate of drug-likeness (QED) is 0.726. The highest BCUT2D eigenvalue weighted by Gasteiger charge is 2.53. The van der Waals surface area contributed by atoms with Gasteiger partial charge in [0.05, 0.1) is 13.2 Å². The number of hydrogen-bond donors (Lipinski definition) is 1. The first-order valence-corrected chi connectivity index (χ1v) is 7.62. The highest BCUT2D eigenvalue weighted by molar-refractivity contribution is 5.09. The Hall–Kier alpha value is -0.160. The van der Waals surface area contributed by atoms with E-state index < -0.39 is 0 Å². The molecule has 2 rings (SSSR count). The second-order valence-corrected chi connectivity index (χ2v) is 6.38. The monoisotopic (exact) mass is 270 g/mol. The van der Waals surface area contributed by atoms with Gasteiger partial charge in [0.25, 0.3) is 0 Å². The molecule has 4 atom stereocenters. The number of nitrogens with zero attached hydrogens (tertiary/aromatic N) is 1. The van der Waals surface area contributed by atoms with Crippen molar-refractivity contribution in [2.75, 3.05) is 40.5 Å². The minimum Gasteiger partial charge on any atom is -0.383 e. The topological polar surface area (TPSA) is 47.7 Å². The maximum atomic E-state index is 6.24. The van der Waals surface area contributed by atoms with Crippen molar-refractivity contribution in [2.45, 2.75) is 44.2 Å². The normalized spacial score (nSPS) is 35.2. The predicted octanol–water partition coefficient (Wildman–Crippen LogP) is 1.49. The van der Waals surface area contributed by atoms with Crippen LogP contribution >= 0.6 is 0 Å². The van der Waals surface area contributed by atoms with Gasteiger partial charge >= 0.3 is 0 Å². The molecule has 2 aliphatic carbocycles. The SMILES string of the molecule is COCCN(C(C)COC)C1(CN)CC2CCC1C2. The number of nitrogens with two attached hydrogens (primary N) is 1. The molecule has 4 nitrogen and oxygen atoms in total. The van der Waals surface area contributed by atoms with Crippen LogP contribution in [0.1, 0.15) is 32.6 Å². The summed E-state index contributed by atoms with van der Waals surface area (Å²) < 4.78 is 10.7. The summed E-state index contributed by atoms with van der Waals surface area (Å²) in [5, 5.41) is 0. The number of hydrogen-bond acceptors (Lipinski definition) is 4. The van der Waals surface area contributed by atoms with Crippen LogP contribution in [-0.2, 0) is 9.47 Å². The Morgan fingerprint density at radius 2 is 2.11 bits per heavy atom. The van der Waals surface area contributed by atoms with E-state index >= 15 is 0 Å². The van der Waals surface area contributed by atoms with Gasteiger partial charge in [-0.25, -0.2) is 0 Å². The smallest absolute Gasteiger partial charge is 0.0615 e. The summed E-state index contributed by atoms with van der Waals surface area (Å²) in [6.07, 6.45) is 5.40. The highest BCUT2D eigenvalue weighted by Crippen LogP contribution is 2.53. The Labute approximate surface area is 117 Å². The average Bonchev–Trinajstić information content (AvgIpc) is 3.00. The van der Waals surface area contributed by atoms with Crippen molar-refractivity contribution in [1.82, 2.24) is 4.90 Å². The third-order valence-corrected chi connectivity index (χ3v) is 5.35. The number of ether oxygens (including phenoxy) is 2. The highest BCUT2D eigenvalue weighted by atomic mass is 16.5. The van der Waals surface area contributed by atoms with Crippen LogP contribution in [0.3, 0.4) is 0 Å². The van der Waals surface area contributed by atoms with E-state index in [2.05, 4.69) is 11.8 Å². The molecule has 0 radical (unpaired) electrons. The van der Waals surface area contributed by atoms with Crippen molar-refractivity contribution in [3.05, 3.63) is 0 Å². The van der Waals surface area contributed by atoms with Gasteiger partial charge in [-0.05, 0) is 38.0 Å². The van der Waals surface area contributed by atoms with Crippen LogP contribution in [0.5, 0.6) is 0 Å². The molecule has 0 aromatic carbocycles. The largest absolute Gasteiger partial charge is 0.383 e. The summed E-state index contributed by atoms with van der Waals surface area (Å²) in [5.41, 5.74) is 6.43. The van der Waals surface area contributed by atoms with Gasteiger partial charge in [0.1, 0.15) is 0 Å². The Balaban J connectivity index is 2.14. The minimum atomic E-state index is 0.194. The molecule has 0 aromatic rings. The Kier molecular flexibility index (Phi) is 5.23. The molecule has 4 unspecified atom stereocenters. The average molecular weight is 270 g/mol. The van der Waals surface area contributed by atoms with Crippen LogP contribution in [0.25, 0.3) is 0 Å². The maximum absolute atomic E-state index is 6.24. The molecule has 112 valence electrons. The molecule has 2 bridgehead atoms. The van der Waals surface area contributed by atoms with Gasteiger partial charge in [0, 0.05) is 38.9 Å².